The van der Waals surface area contributed by atoms with Gasteiger partial charge < -0.3 is 10.2 Å². The number of amides is 2. The van der Waals surface area contributed by atoms with Gasteiger partial charge in [-0.3, -0.25) is 9.59 Å². The molecular formula is C19H19FN2O2. The Morgan fingerprint density at radius 3 is 2.54 bits per heavy atom. The van der Waals surface area contributed by atoms with Gasteiger partial charge in [-0.15, -0.1) is 0 Å². The van der Waals surface area contributed by atoms with Crippen LogP contribution in [0.2, 0.25) is 0 Å². The molecule has 24 heavy (non-hydrogen) atoms. The van der Waals surface area contributed by atoms with E-state index in [2.05, 4.69) is 5.32 Å². The standard InChI is InChI=1S/C19H19FN2O2/c1-12-8-13(2)10-16(9-12)22-7-6-17(19(22)24)21-18(23)14-4-3-5-15(20)11-14/h3-5,8-11,17H,6-7H2,1-2H3,(H,21,23)/t17-/m1/s1. The third-order valence-corrected chi connectivity index (χ3v) is 4.12. The second-order valence-electron chi connectivity index (χ2n) is 6.16. The molecule has 0 aliphatic carbocycles. The third-order valence-electron chi connectivity index (χ3n) is 4.12. The number of nitrogens with zero attached hydrogens (tertiary/aromatic N) is 1. The molecule has 0 unspecified atom stereocenters. The fourth-order valence-electron chi connectivity index (χ4n) is 3.05. The monoisotopic (exact) mass is 326 g/mol. The molecule has 0 bridgehead atoms. The van der Waals surface area contributed by atoms with Gasteiger partial charge >= 0.3 is 0 Å². The number of carbonyl (C=O) groups is 2. The quantitative estimate of drug-likeness (QED) is 0.943. The Kier molecular flexibility index (Phi) is 4.34. The lowest BCUT2D eigenvalue weighted by atomic mass is 10.1. The number of hydrogen-bond acceptors (Lipinski definition) is 2. The van der Waals surface area contributed by atoms with E-state index in [-0.39, 0.29) is 11.5 Å². The summed E-state index contributed by atoms with van der Waals surface area (Å²) >= 11 is 0. The maximum absolute atomic E-state index is 13.2. The van der Waals surface area contributed by atoms with Crippen molar-refractivity contribution in [1.29, 1.82) is 0 Å². The number of nitrogens with one attached hydrogen (secondary N) is 1. The average Bonchev–Trinajstić information content (AvgIpc) is 2.87. The van der Waals surface area contributed by atoms with Crippen molar-refractivity contribution in [1.82, 2.24) is 5.32 Å². The number of benzene rings is 2. The SMILES string of the molecule is Cc1cc(C)cc(N2CC[C@@H](NC(=O)c3cccc(F)c3)C2=O)c1. The van der Waals surface area contributed by atoms with Crippen LogP contribution < -0.4 is 10.2 Å². The largest absolute Gasteiger partial charge is 0.340 e. The van der Waals surface area contributed by atoms with Gasteiger partial charge in [0.05, 0.1) is 0 Å². The van der Waals surface area contributed by atoms with Crippen LogP contribution in [-0.4, -0.2) is 24.4 Å². The average molecular weight is 326 g/mol. The van der Waals surface area contributed by atoms with Gasteiger partial charge in [0.25, 0.3) is 5.91 Å². The maximum Gasteiger partial charge on any atom is 0.252 e. The molecule has 1 aliphatic rings. The predicted octanol–water partition coefficient (Wildman–Crippen LogP) is 2.98. The van der Waals surface area contributed by atoms with Gasteiger partial charge in [-0.05, 0) is 61.7 Å². The first-order valence-corrected chi connectivity index (χ1v) is 7.90. The lowest BCUT2D eigenvalue weighted by molar-refractivity contribution is -0.118. The first kappa shape index (κ1) is 16.2. The van der Waals surface area contributed by atoms with E-state index in [9.17, 15) is 14.0 Å². The molecule has 1 fully saturated rings. The molecule has 5 heteroatoms. The molecule has 0 saturated carbocycles. The molecule has 0 radical (unpaired) electrons. The van der Waals surface area contributed by atoms with Gasteiger partial charge in [-0.1, -0.05) is 12.1 Å². The van der Waals surface area contributed by atoms with Crippen molar-refractivity contribution in [2.75, 3.05) is 11.4 Å². The lowest BCUT2D eigenvalue weighted by Crippen LogP contribution is -2.41. The Labute approximate surface area is 140 Å². The summed E-state index contributed by atoms with van der Waals surface area (Å²) in [7, 11) is 0. The molecule has 0 spiro atoms. The summed E-state index contributed by atoms with van der Waals surface area (Å²) < 4.78 is 13.2. The fourth-order valence-corrected chi connectivity index (χ4v) is 3.05. The molecule has 0 aromatic heterocycles. The van der Waals surface area contributed by atoms with Gasteiger partial charge in [0.1, 0.15) is 11.9 Å². The molecule has 2 aromatic carbocycles. The molecular weight excluding hydrogens is 307 g/mol. The Hall–Kier alpha value is -2.69. The van der Waals surface area contributed by atoms with Crippen LogP contribution in [0.1, 0.15) is 27.9 Å². The maximum atomic E-state index is 13.2. The van der Waals surface area contributed by atoms with Crippen LogP contribution in [-0.2, 0) is 4.79 Å². The summed E-state index contributed by atoms with van der Waals surface area (Å²) in [5, 5.41) is 2.70. The van der Waals surface area contributed by atoms with Gasteiger partial charge in [0.15, 0.2) is 0 Å². The van der Waals surface area contributed by atoms with Crippen molar-refractivity contribution in [2.24, 2.45) is 0 Å². The van der Waals surface area contributed by atoms with Crippen molar-refractivity contribution in [3.8, 4) is 0 Å². The zero-order valence-electron chi connectivity index (χ0n) is 13.7. The van der Waals surface area contributed by atoms with Gasteiger partial charge in [-0.2, -0.15) is 0 Å². The number of aryl methyl sites for hydroxylation is 2. The fraction of sp³-hybridized carbons (Fsp3) is 0.263. The van der Waals surface area contributed by atoms with Crippen LogP contribution in [0.25, 0.3) is 0 Å². The zero-order valence-corrected chi connectivity index (χ0v) is 13.7. The van der Waals surface area contributed by atoms with Crippen LogP contribution in [0.15, 0.2) is 42.5 Å². The van der Waals surface area contributed by atoms with Crippen LogP contribution in [0.3, 0.4) is 0 Å². The van der Waals surface area contributed by atoms with E-state index in [1.165, 1.54) is 18.2 Å². The number of anilines is 1. The van der Waals surface area contributed by atoms with Crippen molar-refractivity contribution in [3.63, 3.8) is 0 Å². The second-order valence-corrected chi connectivity index (χ2v) is 6.16. The van der Waals surface area contributed by atoms with Crippen LogP contribution in [0.4, 0.5) is 10.1 Å². The Balaban J connectivity index is 1.73. The summed E-state index contributed by atoms with van der Waals surface area (Å²) in [6.45, 7) is 4.52. The summed E-state index contributed by atoms with van der Waals surface area (Å²) in [5.74, 6) is -1.04. The highest BCUT2D eigenvalue weighted by molar-refractivity contribution is 6.04. The molecule has 1 atom stereocenters. The normalized spacial score (nSPS) is 17.2. The molecule has 1 saturated heterocycles. The molecule has 2 amide bonds. The Morgan fingerprint density at radius 1 is 1.17 bits per heavy atom. The highest BCUT2D eigenvalue weighted by Crippen LogP contribution is 2.24. The zero-order chi connectivity index (χ0) is 17.3. The van der Waals surface area contributed by atoms with Crippen LogP contribution >= 0.6 is 0 Å². The number of halogens is 1. The smallest absolute Gasteiger partial charge is 0.252 e. The highest BCUT2D eigenvalue weighted by Gasteiger charge is 2.33. The topological polar surface area (TPSA) is 49.4 Å². The van der Waals surface area contributed by atoms with Crippen LogP contribution in [0, 0.1) is 19.7 Å². The van der Waals surface area contributed by atoms with E-state index >= 15 is 0 Å². The Bertz CT molecular complexity index is 783. The second kappa shape index (κ2) is 6.43. The van der Waals surface area contributed by atoms with Gasteiger partial charge in [0.2, 0.25) is 5.91 Å². The molecule has 1 aliphatic heterocycles. The summed E-state index contributed by atoms with van der Waals surface area (Å²) in [5.41, 5.74) is 3.24. The predicted molar refractivity (Wildman–Crippen MR) is 90.5 cm³/mol. The number of rotatable bonds is 3. The minimum atomic E-state index is -0.582. The Morgan fingerprint density at radius 2 is 1.88 bits per heavy atom. The summed E-state index contributed by atoms with van der Waals surface area (Å²) in [4.78, 5) is 26.5. The highest BCUT2D eigenvalue weighted by atomic mass is 19.1. The van der Waals surface area contributed by atoms with Gasteiger partial charge in [0, 0.05) is 17.8 Å². The van der Waals surface area contributed by atoms with E-state index in [1.54, 1.807) is 4.90 Å². The van der Waals surface area contributed by atoms with Crippen molar-refractivity contribution in [2.45, 2.75) is 26.3 Å². The number of hydrogen-bond donors (Lipinski definition) is 1. The molecule has 1 N–H and O–H groups in total. The van der Waals surface area contributed by atoms with Crippen LogP contribution in [0.5, 0.6) is 0 Å². The molecule has 4 nitrogen and oxygen atoms in total. The van der Waals surface area contributed by atoms with E-state index in [0.717, 1.165) is 22.9 Å². The van der Waals surface area contributed by atoms with Crippen molar-refractivity contribution >= 4 is 17.5 Å². The number of carbonyl (C=O) groups excluding carboxylic acids is 2. The first-order valence-electron chi connectivity index (χ1n) is 7.90. The third kappa shape index (κ3) is 3.30. The minimum Gasteiger partial charge on any atom is -0.340 e. The molecule has 124 valence electrons. The van der Waals surface area contributed by atoms with E-state index < -0.39 is 17.8 Å². The van der Waals surface area contributed by atoms with Gasteiger partial charge in [-0.25, -0.2) is 4.39 Å². The summed E-state index contributed by atoms with van der Waals surface area (Å²) in [6, 6.07) is 10.8. The van der Waals surface area contributed by atoms with Crippen molar-refractivity contribution in [3.05, 3.63) is 65.0 Å². The van der Waals surface area contributed by atoms with E-state index in [1.807, 2.05) is 32.0 Å². The first-order chi connectivity index (χ1) is 11.4. The lowest BCUT2D eigenvalue weighted by Gasteiger charge is -2.18. The van der Waals surface area contributed by atoms with Crippen molar-refractivity contribution < 1.29 is 14.0 Å². The molecule has 3 rings (SSSR count). The molecule has 1 heterocycles. The molecule has 2 aromatic rings. The van der Waals surface area contributed by atoms with E-state index in [0.29, 0.717) is 13.0 Å². The van der Waals surface area contributed by atoms with E-state index in [4.69, 9.17) is 0 Å². The minimum absolute atomic E-state index is 0.134. The summed E-state index contributed by atoms with van der Waals surface area (Å²) in [6.07, 6.45) is 0.535.